The lowest BCUT2D eigenvalue weighted by Gasteiger charge is -2.21. The lowest BCUT2D eigenvalue weighted by Crippen LogP contribution is -2.41. The lowest BCUT2D eigenvalue weighted by molar-refractivity contribution is -0.385. The number of imide groups is 1. The van der Waals surface area contributed by atoms with Crippen molar-refractivity contribution in [1.82, 2.24) is 15.2 Å². The van der Waals surface area contributed by atoms with E-state index < -0.39 is 34.7 Å². The van der Waals surface area contributed by atoms with Gasteiger partial charge in [0.2, 0.25) is 0 Å². The minimum Gasteiger partial charge on any atom is -0.360 e. The number of aromatic nitrogens is 1. The Morgan fingerprint density at radius 1 is 1.17 bits per heavy atom. The van der Waals surface area contributed by atoms with Crippen LogP contribution in [0, 0.1) is 10.1 Å². The summed E-state index contributed by atoms with van der Waals surface area (Å²) in [5.41, 5.74) is -0.269. The number of ketones is 1. The van der Waals surface area contributed by atoms with Crippen molar-refractivity contribution in [2.45, 2.75) is 12.5 Å². The number of nitrogens with one attached hydrogen (secondary N) is 2. The highest BCUT2D eigenvalue weighted by molar-refractivity contribution is 6.14. The number of amides is 3. The van der Waals surface area contributed by atoms with Crippen molar-refractivity contribution in [1.29, 1.82) is 0 Å². The summed E-state index contributed by atoms with van der Waals surface area (Å²) in [7, 11) is 0. The Morgan fingerprint density at radius 3 is 2.69 bits per heavy atom. The second-order valence-electron chi connectivity index (χ2n) is 6.92. The average molecular weight is 392 g/mol. The number of hydrogen-bond donors (Lipinski definition) is 2. The van der Waals surface area contributed by atoms with Gasteiger partial charge in [0.05, 0.1) is 11.5 Å². The van der Waals surface area contributed by atoms with Gasteiger partial charge in [-0.1, -0.05) is 30.3 Å². The molecule has 4 rings (SSSR count). The summed E-state index contributed by atoms with van der Waals surface area (Å²) < 4.78 is 0. The Labute approximate surface area is 164 Å². The highest BCUT2D eigenvalue weighted by Gasteiger charge is 2.49. The number of para-hydroxylation sites is 1. The van der Waals surface area contributed by atoms with Crippen molar-refractivity contribution < 1.29 is 19.3 Å². The first kappa shape index (κ1) is 18.4. The second-order valence-corrected chi connectivity index (χ2v) is 6.92. The number of nitro groups is 1. The van der Waals surface area contributed by atoms with Crippen molar-refractivity contribution >= 4 is 34.3 Å². The molecule has 0 bridgehead atoms. The number of urea groups is 1. The molecule has 1 aliphatic heterocycles. The molecular formula is C20H16N4O5. The van der Waals surface area contributed by atoms with Crippen LogP contribution in [-0.4, -0.2) is 39.1 Å². The van der Waals surface area contributed by atoms with Crippen LogP contribution in [0.1, 0.15) is 22.8 Å². The number of non-ortho nitro benzene ring substituents is 1. The van der Waals surface area contributed by atoms with Crippen LogP contribution >= 0.6 is 0 Å². The van der Waals surface area contributed by atoms with E-state index in [4.69, 9.17) is 0 Å². The second kappa shape index (κ2) is 6.55. The molecule has 29 heavy (non-hydrogen) atoms. The Bertz CT molecular complexity index is 1180. The fourth-order valence-corrected chi connectivity index (χ4v) is 3.50. The number of carbonyl (C=O) groups excluding carboxylic acids is 3. The van der Waals surface area contributed by atoms with Gasteiger partial charge in [-0.25, -0.2) is 4.79 Å². The number of Topliss-reactive ketones (excluding diaryl/α,β-unsaturated/α-hetero) is 1. The van der Waals surface area contributed by atoms with E-state index in [0.717, 1.165) is 10.4 Å². The number of hydrogen-bond acceptors (Lipinski definition) is 5. The van der Waals surface area contributed by atoms with E-state index in [2.05, 4.69) is 10.3 Å². The van der Waals surface area contributed by atoms with E-state index in [9.17, 15) is 24.5 Å². The van der Waals surface area contributed by atoms with Crippen LogP contribution in [0.25, 0.3) is 10.9 Å². The molecule has 3 amide bonds. The molecule has 9 heteroatoms. The zero-order chi connectivity index (χ0) is 20.8. The zero-order valence-electron chi connectivity index (χ0n) is 15.3. The fourth-order valence-electron chi connectivity index (χ4n) is 3.50. The summed E-state index contributed by atoms with van der Waals surface area (Å²) in [4.78, 5) is 52.5. The maximum atomic E-state index is 13.0. The van der Waals surface area contributed by atoms with Crippen LogP contribution in [0.3, 0.4) is 0 Å². The Balaban J connectivity index is 1.62. The summed E-state index contributed by atoms with van der Waals surface area (Å²) in [5.74, 6) is -1.04. The first-order valence-corrected chi connectivity index (χ1v) is 8.79. The summed E-state index contributed by atoms with van der Waals surface area (Å²) in [6.07, 6.45) is 1.55. The van der Waals surface area contributed by atoms with Gasteiger partial charge in [-0.2, -0.15) is 0 Å². The van der Waals surface area contributed by atoms with Gasteiger partial charge in [0.15, 0.2) is 5.78 Å². The van der Waals surface area contributed by atoms with Crippen LogP contribution in [0.5, 0.6) is 0 Å². The number of rotatable bonds is 5. The molecule has 1 unspecified atom stereocenters. The number of benzene rings is 2. The van der Waals surface area contributed by atoms with E-state index in [1.807, 2.05) is 12.1 Å². The highest BCUT2D eigenvalue weighted by Crippen LogP contribution is 2.31. The molecule has 2 heterocycles. The van der Waals surface area contributed by atoms with Crippen molar-refractivity contribution in [2.24, 2.45) is 0 Å². The molecule has 1 atom stereocenters. The molecular weight excluding hydrogens is 376 g/mol. The van der Waals surface area contributed by atoms with Crippen molar-refractivity contribution in [3.63, 3.8) is 0 Å². The first-order chi connectivity index (χ1) is 13.8. The minimum absolute atomic E-state index is 0.195. The largest absolute Gasteiger partial charge is 0.360 e. The standard InChI is InChI=1S/C20H16N4O5/c1-20(12-5-4-6-13(9-12)24(28)29)18(26)23(19(27)22-20)11-17(25)15-10-21-16-8-3-2-7-14(15)16/h2-10,21H,11H2,1H3,(H,22,27). The van der Waals surface area contributed by atoms with E-state index >= 15 is 0 Å². The molecule has 1 aliphatic rings. The van der Waals surface area contributed by atoms with E-state index in [1.54, 1.807) is 18.3 Å². The molecule has 0 spiro atoms. The van der Waals surface area contributed by atoms with Crippen LogP contribution in [-0.2, 0) is 10.3 Å². The third-order valence-corrected chi connectivity index (χ3v) is 5.10. The van der Waals surface area contributed by atoms with Gasteiger partial charge in [0, 0.05) is 34.8 Å². The number of carbonyl (C=O) groups is 3. The third-order valence-electron chi connectivity index (χ3n) is 5.10. The van der Waals surface area contributed by atoms with E-state index in [-0.39, 0.29) is 11.3 Å². The summed E-state index contributed by atoms with van der Waals surface area (Å²) >= 11 is 0. The van der Waals surface area contributed by atoms with Gasteiger partial charge < -0.3 is 10.3 Å². The predicted octanol–water partition coefficient (Wildman–Crippen LogP) is 2.73. The fraction of sp³-hybridized carbons (Fsp3) is 0.150. The quantitative estimate of drug-likeness (QED) is 0.299. The monoisotopic (exact) mass is 392 g/mol. The average Bonchev–Trinajstić information content (AvgIpc) is 3.23. The van der Waals surface area contributed by atoms with Gasteiger partial charge in [-0.05, 0) is 18.6 Å². The maximum Gasteiger partial charge on any atom is 0.325 e. The predicted molar refractivity (Wildman–Crippen MR) is 103 cm³/mol. The number of aromatic amines is 1. The van der Waals surface area contributed by atoms with Crippen molar-refractivity contribution in [2.75, 3.05) is 6.54 Å². The SMILES string of the molecule is CC1(c2cccc([N+](=O)[O-])c2)NC(=O)N(CC(=O)c2c[nH]c3ccccc23)C1=O. The van der Waals surface area contributed by atoms with Gasteiger partial charge in [0.1, 0.15) is 5.54 Å². The van der Waals surface area contributed by atoms with E-state index in [1.165, 1.54) is 31.2 Å². The molecule has 0 radical (unpaired) electrons. The number of fused-ring (bicyclic) bond motifs is 1. The Morgan fingerprint density at radius 2 is 1.93 bits per heavy atom. The summed E-state index contributed by atoms with van der Waals surface area (Å²) in [6, 6.07) is 12.0. The van der Waals surface area contributed by atoms with Crippen LogP contribution < -0.4 is 5.32 Å². The molecule has 0 saturated carbocycles. The first-order valence-electron chi connectivity index (χ1n) is 8.79. The molecule has 1 saturated heterocycles. The van der Waals surface area contributed by atoms with Gasteiger partial charge in [-0.3, -0.25) is 24.6 Å². The summed E-state index contributed by atoms with van der Waals surface area (Å²) in [5, 5.41) is 14.3. The van der Waals surface area contributed by atoms with Crippen LogP contribution in [0.4, 0.5) is 10.5 Å². The highest BCUT2D eigenvalue weighted by atomic mass is 16.6. The lowest BCUT2D eigenvalue weighted by atomic mass is 9.91. The van der Waals surface area contributed by atoms with Gasteiger partial charge in [0.25, 0.3) is 11.6 Å². The molecule has 3 aromatic rings. The third kappa shape index (κ3) is 2.92. The van der Waals surface area contributed by atoms with Crippen LogP contribution in [0.15, 0.2) is 54.7 Å². The number of nitrogens with zero attached hydrogens (tertiary/aromatic N) is 2. The van der Waals surface area contributed by atoms with Crippen LogP contribution in [0.2, 0.25) is 0 Å². The van der Waals surface area contributed by atoms with Crippen molar-refractivity contribution in [3.8, 4) is 0 Å². The molecule has 1 fully saturated rings. The number of H-pyrrole nitrogens is 1. The molecule has 1 aromatic heterocycles. The smallest absolute Gasteiger partial charge is 0.325 e. The van der Waals surface area contributed by atoms with Crippen molar-refractivity contribution in [3.05, 3.63) is 76.0 Å². The van der Waals surface area contributed by atoms with Gasteiger partial charge >= 0.3 is 6.03 Å². The van der Waals surface area contributed by atoms with E-state index in [0.29, 0.717) is 10.9 Å². The molecule has 2 N–H and O–H groups in total. The Hall–Kier alpha value is -4.01. The molecule has 146 valence electrons. The molecule has 9 nitrogen and oxygen atoms in total. The maximum absolute atomic E-state index is 13.0. The van der Waals surface area contributed by atoms with Gasteiger partial charge in [-0.15, -0.1) is 0 Å². The Kier molecular flexibility index (Phi) is 4.15. The molecule has 0 aliphatic carbocycles. The molecule has 2 aromatic carbocycles. The minimum atomic E-state index is -1.50. The number of nitro benzene ring substituents is 1. The summed E-state index contributed by atoms with van der Waals surface area (Å²) in [6.45, 7) is 1.03. The normalized spacial score (nSPS) is 18.9. The zero-order valence-corrected chi connectivity index (χ0v) is 15.3. The topological polar surface area (TPSA) is 125 Å².